The van der Waals surface area contributed by atoms with Gasteiger partial charge in [-0.15, -0.1) is 0 Å². The molecule has 1 fully saturated rings. The summed E-state index contributed by atoms with van der Waals surface area (Å²) in [7, 11) is 3.31. The summed E-state index contributed by atoms with van der Waals surface area (Å²) in [6.07, 6.45) is 0. The standard InChI is InChI=1S/C19H22N2O3.ClH/c1-23-17-12-16(13-18(14-17)24-2)20-8-10-21(11-9-20)19(22)15-6-4-3-5-7-15;/h3-7,12-14H,8-11H2,1-2H3;1H. The number of carbonyl (C=O) groups excluding carboxylic acids is 1. The van der Waals surface area contributed by atoms with Gasteiger partial charge in [-0.2, -0.15) is 0 Å². The Morgan fingerprint density at radius 3 is 2.04 bits per heavy atom. The molecule has 0 spiro atoms. The normalized spacial score (nSPS) is 14.6. The summed E-state index contributed by atoms with van der Waals surface area (Å²) in [6, 6.07) is 15.4. The number of amides is 1. The van der Waals surface area contributed by atoms with Crippen molar-refractivity contribution in [2.75, 3.05) is 40.4 Å². The first kappa shape index (κ1) is 19.1. The molecule has 0 aromatic heterocycles. The smallest absolute Gasteiger partial charge is 0.254 e. The van der Waals surface area contributed by atoms with Gasteiger partial charge in [-0.05, 0) is 12.1 Å². The zero-order valence-corrected chi connectivity index (χ0v) is 15.3. The molecule has 25 heavy (non-hydrogen) atoms. The van der Waals surface area contributed by atoms with Crippen LogP contribution >= 0.6 is 0 Å². The van der Waals surface area contributed by atoms with Crippen LogP contribution in [-0.2, 0) is 0 Å². The van der Waals surface area contributed by atoms with Gasteiger partial charge >= 0.3 is 0 Å². The Hall–Kier alpha value is -2.24. The van der Waals surface area contributed by atoms with Crippen molar-refractivity contribution >= 4 is 11.6 Å². The van der Waals surface area contributed by atoms with E-state index in [1.807, 2.05) is 53.4 Å². The van der Waals surface area contributed by atoms with Crippen molar-refractivity contribution in [2.45, 2.75) is 0 Å². The van der Waals surface area contributed by atoms with Crippen molar-refractivity contribution in [3.8, 4) is 11.5 Å². The van der Waals surface area contributed by atoms with Gasteiger partial charge in [0, 0.05) is 23.8 Å². The third-order valence-corrected chi connectivity index (χ3v) is 4.43. The first-order valence-corrected chi connectivity index (χ1v) is 8.13. The Morgan fingerprint density at radius 1 is 0.960 bits per heavy atom. The van der Waals surface area contributed by atoms with Gasteiger partial charge < -0.3 is 26.8 Å². The van der Waals surface area contributed by atoms with E-state index in [4.69, 9.17) is 9.47 Å². The fourth-order valence-electron chi connectivity index (χ4n) is 3.04. The van der Waals surface area contributed by atoms with Gasteiger partial charge in [-0.3, -0.25) is 9.69 Å². The summed E-state index contributed by atoms with van der Waals surface area (Å²) < 4.78 is 10.7. The molecule has 134 valence electrons. The van der Waals surface area contributed by atoms with Crippen LogP contribution in [0, 0.1) is 0 Å². The van der Waals surface area contributed by atoms with Crippen LogP contribution in [0.3, 0.4) is 0 Å². The minimum atomic E-state index is 0. The SMILES string of the molecule is COc1cc(OC)cc([NH+]2CCN(C(=O)c3ccccc3)CC2)c1.[Cl-]. The van der Waals surface area contributed by atoms with E-state index in [-0.39, 0.29) is 18.3 Å². The van der Waals surface area contributed by atoms with Crippen molar-refractivity contribution in [2.24, 2.45) is 0 Å². The molecule has 1 aliphatic rings. The van der Waals surface area contributed by atoms with Crippen molar-refractivity contribution in [1.29, 1.82) is 0 Å². The maximum Gasteiger partial charge on any atom is 0.254 e. The maximum absolute atomic E-state index is 12.5. The van der Waals surface area contributed by atoms with Crippen molar-refractivity contribution in [3.63, 3.8) is 0 Å². The summed E-state index contributed by atoms with van der Waals surface area (Å²) in [5, 5.41) is 0. The minimum absolute atomic E-state index is 0. The molecule has 5 nitrogen and oxygen atoms in total. The maximum atomic E-state index is 12.5. The first-order valence-electron chi connectivity index (χ1n) is 8.13. The number of ether oxygens (including phenoxy) is 2. The molecule has 0 bridgehead atoms. The number of carbonyl (C=O) groups is 1. The molecule has 3 rings (SSSR count). The second-order valence-corrected chi connectivity index (χ2v) is 5.86. The molecule has 1 heterocycles. The molecule has 2 aromatic rings. The summed E-state index contributed by atoms with van der Waals surface area (Å²) in [6.45, 7) is 3.22. The third-order valence-electron chi connectivity index (χ3n) is 4.43. The highest BCUT2D eigenvalue weighted by Crippen LogP contribution is 2.23. The highest BCUT2D eigenvalue weighted by molar-refractivity contribution is 5.94. The van der Waals surface area contributed by atoms with E-state index in [1.165, 1.54) is 4.90 Å². The van der Waals surface area contributed by atoms with Crippen LogP contribution in [0.1, 0.15) is 10.4 Å². The topological polar surface area (TPSA) is 43.2 Å². The molecule has 2 aromatic carbocycles. The molecule has 1 amide bonds. The van der Waals surface area contributed by atoms with Crippen LogP contribution in [0.5, 0.6) is 11.5 Å². The lowest BCUT2D eigenvalue weighted by molar-refractivity contribution is -0.837. The molecule has 0 aliphatic carbocycles. The Bertz CT molecular complexity index is 679. The average molecular weight is 363 g/mol. The van der Waals surface area contributed by atoms with Gasteiger partial charge in [0.1, 0.15) is 17.2 Å². The summed E-state index contributed by atoms with van der Waals surface area (Å²) in [4.78, 5) is 15.8. The van der Waals surface area contributed by atoms with E-state index < -0.39 is 0 Å². The number of nitrogens with zero attached hydrogens (tertiary/aromatic N) is 1. The van der Waals surface area contributed by atoms with Gasteiger partial charge in [-0.25, -0.2) is 0 Å². The lowest BCUT2D eigenvalue weighted by atomic mass is 10.1. The molecule has 0 atom stereocenters. The van der Waals surface area contributed by atoms with Crippen molar-refractivity contribution in [3.05, 3.63) is 54.1 Å². The molecule has 1 saturated heterocycles. The number of rotatable bonds is 4. The Labute approximate surface area is 154 Å². The van der Waals surface area contributed by atoms with E-state index in [0.717, 1.165) is 48.9 Å². The van der Waals surface area contributed by atoms with Crippen molar-refractivity contribution < 1.29 is 31.6 Å². The molecule has 0 saturated carbocycles. The summed E-state index contributed by atoms with van der Waals surface area (Å²) in [5.41, 5.74) is 1.89. The number of piperazine rings is 1. The monoisotopic (exact) mass is 362 g/mol. The lowest BCUT2D eigenvalue weighted by Crippen LogP contribution is -3.10. The van der Waals surface area contributed by atoms with Gasteiger partial charge in [0.25, 0.3) is 5.91 Å². The largest absolute Gasteiger partial charge is 1.00 e. The molecule has 6 heteroatoms. The molecular weight excluding hydrogens is 340 g/mol. The zero-order valence-electron chi connectivity index (χ0n) is 14.5. The fourth-order valence-corrected chi connectivity index (χ4v) is 3.04. The summed E-state index contributed by atoms with van der Waals surface area (Å²) >= 11 is 0. The van der Waals surface area contributed by atoms with Gasteiger partial charge in [0.2, 0.25) is 0 Å². The molecule has 1 N–H and O–H groups in total. The number of halogens is 1. The van der Waals surface area contributed by atoms with E-state index in [0.29, 0.717) is 0 Å². The highest BCUT2D eigenvalue weighted by atomic mass is 35.5. The predicted octanol–water partition coefficient (Wildman–Crippen LogP) is -1.62. The number of nitrogens with one attached hydrogen (secondary N) is 1. The fraction of sp³-hybridized carbons (Fsp3) is 0.316. The summed E-state index contributed by atoms with van der Waals surface area (Å²) in [5.74, 6) is 1.69. The second-order valence-electron chi connectivity index (χ2n) is 5.86. The Kier molecular flexibility index (Phi) is 6.67. The molecule has 0 unspecified atom stereocenters. The van der Waals surface area contributed by atoms with E-state index in [1.54, 1.807) is 14.2 Å². The number of benzene rings is 2. The van der Waals surface area contributed by atoms with Crippen LogP contribution in [0.25, 0.3) is 0 Å². The van der Waals surface area contributed by atoms with Crippen LogP contribution in [-0.4, -0.2) is 51.2 Å². The van der Waals surface area contributed by atoms with E-state index in [2.05, 4.69) is 0 Å². The predicted molar refractivity (Wildman–Crippen MR) is 92.2 cm³/mol. The molecule has 0 radical (unpaired) electrons. The second kappa shape index (κ2) is 8.74. The van der Waals surface area contributed by atoms with Crippen LogP contribution in [0.4, 0.5) is 5.69 Å². The lowest BCUT2D eigenvalue weighted by Gasteiger charge is -2.32. The Morgan fingerprint density at radius 2 is 1.52 bits per heavy atom. The minimum Gasteiger partial charge on any atom is -1.00 e. The molecular formula is C19H23ClN2O3. The first-order chi connectivity index (χ1) is 11.7. The van der Waals surface area contributed by atoms with Crippen LogP contribution < -0.4 is 26.8 Å². The van der Waals surface area contributed by atoms with Crippen LogP contribution in [0.2, 0.25) is 0 Å². The quantitative estimate of drug-likeness (QED) is 0.711. The number of hydrogen-bond acceptors (Lipinski definition) is 3. The highest BCUT2D eigenvalue weighted by Gasteiger charge is 2.26. The third kappa shape index (κ3) is 4.44. The van der Waals surface area contributed by atoms with Gasteiger partial charge in [0.15, 0.2) is 0 Å². The van der Waals surface area contributed by atoms with Crippen LogP contribution in [0.15, 0.2) is 48.5 Å². The Balaban J connectivity index is 0.00000225. The van der Waals surface area contributed by atoms with E-state index >= 15 is 0 Å². The van der Waals surface area contributed by atoms with E-state index in [9.17, 15) is 4.79 Å². The van der Waals surface area contributed by atoms with Crippen molar-refractivity contribution in [1.82, 2.24) is 4.90 Å². The zero-order chi connectivity index (χ0) is 16.9. The number of quaternary nitrogens is 1. The average Bonchev–Trinajstić information content (AvgIpc) is 2.67. The number of hydrogen-bond donors (Lipinski definition) is 1. The molecule has 1 aliphatic heterocycles. The number of methoxy groups -OCH3 is 2. The van der Waals surface area contributed by atoms with Gasteiger partial charge in [-0.1, -0.05) is 18.2 Å². The van der Waals surface area contributed by atoms with Gasteiger partial charge in [0.05, 0.1) is 40.4 Å².